The van der Waals surface area contributed by atoms with Crippen molar-refractivity contribution >= 4 is 23.7 Å². The summed E-state index contributed by atoms with van der Waals surface area (Å²) in [6.07, 6.45) is 4.50. The molecule has 7 nitrogen and oxygen atoms in total. The zero-order chi connectivity index (χ0) is 24.5. The van der Waals surface area contributed by atoms with Crippen LogP contribution in [0.4, 0.5) is 0 Å². The summed E-state index contributed by atoms with van der Waals surface area (Å²) in [6, 6.07) is 26.3. The molecule has 0 radical (unpaired) electrons. The molecule has 1 heterocycles. The Bertz CT molecular complexity index is 1370. The molecule has 4 aromatic rings. The van der Waals surface area contributed by atoms with Gasteiger partial charge in [-0.15, -0.1) is 5.10 Å². The molecule has 4 rings (SSSR count). The summed E-state index contributed by atoms with van der Waals surface area (Å²) < 4.78 is 10.8. The van der Waals surface area contributed by atoms with Gasteiger partial charge in [0.2, 0.25) is 5.78 Å². The van der Waals surface area contributed by atoms with E-state index >= 15 is 0 Å². The van der Waals surface area contributed by atoms with Gasteiger partial charge in [-0.25, -0.2) is 4.79 Å². The molecule has 0 amide bonds. The second kappa shape index (κ2) is 11.3. The molecule has 0 saturated carbocycles. The summed E-state index contributed by atoms with van der Waals surface area (Å²) in [4.78, 5) is 29.3. The van der Waals surface area contributed by atoms with E-state index in [4.69, 9.17) is 9.47 Å². The Morgan fingerprint density at radius 2 is 1.49 bits per heavy atom. The third-order valence-electron chi connectivity index (χ3n) is 4.95. The second-order valence-electron chi connectivity index (χ2n) is 7.30. The highest BCUT2D eigenvalue weighted by Gasteiger charge is 2.16. The van der Waals surface area contributed by atoms with Crippen LogP contribution in [0.25, 0.3) is 0 Å². The number of hydrogen-bond donors (Lipinski definition) is 0. The monoisotopic (exact) mass is 463 g/mol. The van der Waals surface area contributed by atoms with Crippen LogP contribution < -0.4 is 9.47 Å². The minimum absolute atomic E-state index is 0.224. The SMILES string of the molecule is COc1cc(/C=N/N=C(/C(=O)c2ccccc2)c2ccccc2)ccc1OC(=O)c1cccnc1. The first-order valence-electron chi connectivity index (χ1n) is 10.7. The molecule has 0 saturated heterocycles. The van der Waals surface area contributed by atoms with E-state index in [0.717, 1.165) is 0 Å². The number of pyridine rings is 1. The summed E-state index contributed by atoms with van der Waals surface area (Å²) >= 11 is 0. The van der Waals surface area contributed by atoms with Crippen molar-refractivity contribution in [3.63, 3.8) is 0 Å². The third kappa shape index (κ3) is 5.91. The number of rotatable bonds is 8. The minimum Gasteiger partial charge on any atom is -0.493 e. The van der Waals surface area contributed by atoms with E-state index in [2.05, 4.69) is 15.2 Å². The molecular formula is C28H21N3O4. The number of benzene rings is 3. The number of nitrogens with zero attached hydrogens (tertiary/aromatic N) is 3. The Kier molecular flexibility index (Phi) is 7.50. The van der Waals surface area contributed by atoms with Crippen molar-refractivity contribution in [2.75, 3.05) is 7.11 Å². The Labute approximate surface area is 202 Å². The first kappa shape index (κ1) is 23.3. The van der Waals surface area contributed by atoms with Gasteiger partial charge in [-0.3, -0.25) is 9.78 Å². The third-order valence-corrected chi connectivity index (χ3v) is 4.95. The summed E-state index contributed by atoms with van der Waals surface area (Å²) in [5.74, 6) is -0.177. The molecule has 0 bridgehead atoms. The molecule has 3 aromatic carbocycles. The minimum atomic E-state index is -0.547. The van der Waals surface area contributed by atoms with E-state index in [0.29, 0.717) is 28.0 Å². The molecule has 0 N–H and O–H groups in total. The van der Waals surface area contributed by atoms with Crippen molar-refractivity contribution in [1.82, 2.24) is 4.98 Å². The lowest BCUT2D eigenvalue weighted by atomic mass is 10.0. The molecule has 0 aliphatic heterocycles. The fraction of sp³-hybridized carbons (Fsp3) is 0.0357. The van der Waals surface area contributed by atoms with Gasteiger partial charge in [0, 0.05) is 23.5 Å². The zero-order valence-electron chi connectivity index (χ0n) is 18.9. The van der Waals surface area contributed by atoms with E-state index in [-0.39, 0.29) is 17.2 Å². The largest absolute Gasteiger partial charge is 0.493 e. The standard InChI is InChI=1S/C28H21N3O4/c1-34-25-17-20(14-15-24(25)35-28(33)23-13-8-16-29-19-23)18-30-31-26(21-9-4-2-5-10-21)27(32)22-11-6-3-7-12-22/h2-19H,1H3/b30-18+,31-26+. The van der Waals surface area contributed by atoms with Gasteiger partial charge in [0.25, 0.3) is 0 Å². The smallest absolute Gasteiger partial charge is 0.345 e. The molecule has 35 heavy (non-hydrogen) atoms. The zero-order valence-corrected chi connectivity index (χ0v) is 18.9. The van der Waals surface area contributed by atoms with Crippen molar-refractivity contribution < 1.29 is 19.1 Å². The number of carbonyl (C=O) groups excluding carboxylic acids is 2. The average molecular weight is 463 g/mol. The van der Waals surface area contributed by atoms with Crippen LogP contribution in [0.3, 0.4) is 0 Å². The van der Waals surface area contributed by atoms with Crippen LogP contribution in [-0.2, 0) is 0 Å². The molecule has 0 atom stereocenters. The van der Waals surface area contributed by atoms with Crippen LogP contribution in [0, 0.1) is 0 Å². The van der Waals surface area contributed by atoms with Crippen LogP contribution >= 0.6 is 0 Å². The number of Topliss-reactive ketones (excluding diaryl/α,β-unsaturated/α-hetero) is 1. The number of ether oxygens (including phenoxy) is 2. The molecule has 1 aromatic heterocycles. The van der Waals surface area contributed by atoms with E-state index in [1.165, 1.54) is 19.5 Å². The lowest BCUT2D eigenvalue weighted by molar-refractivity contribution is 0.0729. The van der Waals surface area contributed by atoms with E-state index in [1.54, 1.807) is 60.8 Å². The van der Waals surface area contributed by atoms with Gasteiger partial charge in [-0.1, -0.05) is 60.7 Å². The van der Waals surface area contributed by atoms with Crippen molar-refractivity contribution in [1.29, 1.82) is 0 Å². The van der Waals surface area contributed by atoms with Crippen LogP contribution in [-0.4, -0.2) is 35.8 Å². The molecular weight excluding hydrogens is 442 g/mol. The number of carbonyl (C=O) groups is 2. The molecule has 0 fully saturated rings. The average Bonchev–Trinajstić information content (AvgIpc) is 2.93. The topological polar surface area (TPSA) is 90.2 Å². The number of aromatic nitrogens is 1. The second-order valence-corrected chi connectivity index (χ2v) is 7.30. The van der Waals surface area contributed by atoms with Crippen molar-refractivity contribution in [2.24, 2.45) is 10.2 Å². The van der Waals surface area contributed by atoms with Gasteiger partial charge in [0.15, 0.2) is 11.5 Å². The van der Waals surface area contributed by atoms with Crippen LogP contribution in [0.5, 0.6) is 11.5 Å². The van der Waals surface area contributed by atoms with Crippen molar-refractivity contribution in [3.05, 3.63) is 126 Å². The van der Waals surface area contributed by atoms with E-state index in [9.17, 15) is 9.59 Å². The number of methoxy groups -OCH3 is 1. The lowest BCUT2D eigenvalue weighted by Gasteiger charge is -2.09. The highest BCUT2D eigenvalue weighted by Crippen LogP contribution is 2.28. The van der Waals surface area contributed by atoms with Crippen LogP contribution in [0.2, 0.25) is 0 Å². The van der Waals surface area contributed by atoms with Gasteiger partial charge < -0.3 is 9.47 Å². The Hall–Kier alpha value is -4.91. The molecule has 0 spiro atoms. The summed E-state index contributed by atoms with van der Waals surface area (Å²) in [6.45, 7) is 0. The molecule has 0 unspecified atom stereocenters. The van der Waals surface area contributed by atoms with Gasteiger partial charge in [0.05, 0.1) is 18.9 Å². The van der Waals surface area contributed by atoms with Crippen LogP contribution in [0.1, 0.15) is 31.8 Å². The highest BCUT2D eigenvalue weighted by molar-refractivity contribution is 6.51. The summed E-state index contributed by atoms with van der Waals surface area (Å²) in [7, 11) is 1.47. The molecule has 172 valence electrons. The fourth-order valence-electron chi connectivity index (χ4n) is 3.20. The maximum Gasteiger partial charge on any atom is 0.345 e. The van der Waals surface area contributed by atoms with E-state index < -0.39 is 5.97 Å². The van der Waals surface area contributed by atoms with Crippen LogP contribution in [0.15, 0.2) is 114 Å². The van der Waals surface area contributed by atoms with Gasteiger partial charge in [-0.2, -0.15) is 5.10 Å². The van der Waals surface area contributed by atoms with Gasteiger partial charge in [-0.05, 0) is 35.9 Å². The number of hydrogen-bond acceptors (Lipinski definition) is 7. The highest BCUT2D eigenvalue weighted by atomic mass is 16.6. The Morgan fingerprint density at radius 1 is 0.800 bits per heavy atom. The van der Waals surface area contributed by atoms with E-state index in [1.807, 2.05) is 36.4 Å². The van der Waals surface area contributed by atoms with Crippen molar-refractivity contribution in [3.8, 4) is 11.5 Å². The lowest BCUT2D eigenvalue weighted by Crippen LogP contribution is -2.15. The maximum atomic E-state index is 13.1. The Morgan fingerprint density at radius 3 is 2.14 bits per heavy atom. The molecule has 0 aliphatic rings. The predicted octanol–water partition coefficient (Wildman–Crippen LogP) is 5.02. The molecule has 0 aliphatic carbocycles. The number of esters is 1. The quantitative estimate of drug-likeness (QED) is 0.120. The van der Waals surface area contributed by atoms with Gasteiger partial charge >= 0.3 is 5.97 Å². The first-order chi connectivity index (χ1) is 17.2. The fourth-order valence-corrected chi connectivity index (χ4v) is 3.20. The normalized spacial score (nSPS) is 11.3. The first-order valence-corrected chi connectivity index (χ1v) is 10.7. The summed E-state index contributed by atoms with van der Waals surface area (Å²) in [5, 5.41) is 8.38. The predicted molar refractivity (Wildman–Crippen MR) is 134 cm³/mol. The van der Waals surface area contributed by atoms with Gasteiger partial charge in [0.1, 0.15) is 5.71 Å². The maximum absolute atomic E-state index is 13.1. The molecule has 7 heteroatoms. The number of ketones is 1. The summed E-state index contributed by atoms with van der Waals surface area (Å²) in [5.41, 5.74) is 2.37. The Balaban J connectivity index is 1.58. The van der Waals surface area contributed by atoms with Crippen molar-refractivity contribution in [2.45, 2.75) is 0 Å².